The van der Waals surface area contributed by atoms with Crippen molar-refractivity contribution in [3.05, 3.63) is 52.1 Å². The Morgan fingerprint density at radius 1 is 1.25 bits per heavy atom. The van der Waals surface area contributed by atoms with Gasteiger partial charge in [0.15, 0.2) is 0 Å². The molecule has 0 radical (unpaired) electrons. The summed E-state index contributed by atoms with van der Waals surface area (Å²) in [5.41, 5.74) is 1.75. The zero-order valence-electron chi connectivity index (χ0n) is 16.0. The van der Waals surface area contributed by atoms with E-state index in [1.807, 2.05) is 0 Å². The monoisotopic (exact) mass is 407 g/mol. The average Bonchev–Trinajstić information content (AvgIpc) is 2.96. The molecule has 0 aliphatic carbocycles. The van der Waals surface area contributed by atoms with Gasteiger partial charge in [-0.2, -0.15) is 5.10 Å². The fraction of sp³-hybridized carbons (Fsp3) is 0.450. The number of carbonyl (C=O) groups is 2. The molecular formula is C20H23ClFN3O3. The number of aromatic nitrogens is 2. The third-order valence-corrected chi connectivity index (χ3v) is 5.31. The van der Waals surface area contributed by atoms with Crippen molar-refractivity contribution in [2.75, 3.05) is 19.7 Å². The van der Waals surface area contributed by atoms with Gasteiger partial charge < -0.3 is 9.64 Å². The number of esters is 1. The van der Waals surface area contributed by atoms with Crippen LogP contribution in [0.15, 0.2) is 24.3 Å². The summed E-state index contributed by atoms with van der Waals surface area (Å²) in [7, 11) is 0. The lowest BCUT2D eigenvalue weighted by molar-refractivity contribution is -0.149. The van der Waals surface area contributed by atoms with Gasteiger partial charge in [-0.05, 0) is 44.4 Å². The Hall–Kier alpha value is -2.41. The molecule has 1 aliphatic rings. The quantitative estimate of drug-likeness (QED) is 0.712. The van der Waals surface area contributed by atoms with Gasteiger partial charge in [-0.25, -0.2) is 9.07 Å². The van der Waals surface area contributed by atoms with Crippen LogP contribution >= 0.6 is 11.6 Å². The summed E-state index contributed by atoms with van der Waals surface area (Å²) in [4.78, 5) is 26.5. The van der Waals surface area contributed by atoms with E-state index in [1.165, 1.54) is 12.1 Å². The Labute approximate surface area is 168 Å². The number of halogens is 2. The van der Waals surface area contributed by atoms with Crippen LogP contribution in [0.2, 0.25) is 5.15 Å². The van der Waals surface area contributed by atoms with E-state index in [1.54, 1.807) is 35.6 Å². The first kappa shape index (κ1) is 20.3. The predicted molar refractivity (Wildman–Crippen MR) is 103 cm³/mol. The Kier molecular flexibility index (Phi) is 6.34. The molecule has 0 atom stereocenters. The van der Waals surface area contributed by atoms with Crippen molar-refractivity contribution in [1.29, 1.82) is 0 Å². The van der Waals surface area contributed by atoms with Crippen LogP contribution in [0.1, 0.15) is 41.4 Å². The average molecular weight is 408 g/mol. The number of benzene rings is 1. The number of ether oxygens (including phenoxy) is 1. The molecular weight excluding hydrogens is 385 g/mol. The van der Waals surface area contributed by atoms with E-state index in [0.717, 1.165) is 5.56 Å². The van der Waals surface area contributed by atoms with Crippen LogP contribution < -0.4 is 0 Å². The second-order valence-corrected chi connectivity index (χ2v) is 7.21. The van der Waals surface area contributed by atoms with Gasteiger partial charge >= 0.3 is 5.97 Å². The second-order valence-electron chi connectivity index (χ2n) is 6.85. The van der Waals surface area contributed by atoms with Gasteiger partial charge in [-0.3, -0.25) is 9.59 Å². The fourth-order valence-electron chi connectivity index (χ4n) is 3.40. The molecule has 150 valence electrons. The molecule has 2 heterocycles. The predicted octanol–water partition coefficient (Wildman–Crippen LogP) is 3.45. The van der Waals surface area contributed by atoms with Gasteiger partial charge in [-0.15, -0.1) is 0 Å². The summed E-state index contributed by atoms with van der Waals surface area (Å²) < 4.78 is 19.7. The lowest BCUT2D eigenvalue weighted by Gasteiger charge is -2.30. The minimum atomic E-state index is -0.311. The molecule has 1 fully saturated rings. The number of rotatable bonds is 5. The van der Waals surface area contributed by atoms with Crippen molar-refractivity contribution in [3.8, 4) is 0 Å². The zero-order valence-corrected chi connectivity index (χ0v) is 16.7. The molecule has 1 amide bonds. The van der Waals surface area contributed by atoms with Crippen LogP contribution in [0.4, 0.5) is 4.39 Å². The highest BCUT2D eigenvalue weighted by Crippen LogP contribution is 2.26. The molecule has 28 heavy (non-hydrogen) atoms. The van der Waals surface area contributed by atoms with Crippen molar-refractivity contribution < 1.29 is 18.7 Å². The Bertz CT molecular complexity index is 858. The van der Waals surface area contributed by atoms with Crippen molar-refractivity contribution in [1.82, 2.24) is 14.7 Å². The number of likely N-dealkylation sites (tertiary alicyclic amines) is 1. The van der Waals surface area contributed by atoms with E-state index in [-0.39, 0.29) is 28.8 Å². The van der Waals surface area contributed by atoms with E-state index >= 15 is 0 Å². The van der Waals surface area contributed by atoms with E-state index < -0.39 is 0 Å². The molecule has 3 rings (SSSR count). The Balaban J connectivity index is 1.70. The van der Waals surface area contributed by atoms with E-state index in [4.69, 9.17) is 16.3 Å². The van der Waals surface area contributed by atoms with Gasteiger partial charge in [0.1, 0.15) is 11.0 Å². The van der Waals surface area contributed by atoms with Crippen LogP contribution in [0.25, 0.3) is 0 Å². The number of hydrogen-bond acceptors (Lipinski definition) is 4. The molecule has 8 heteroatoms. The maximum absolute atomic E-state index is 13.1. The third kappa shape index (κ3) is 4.35. The van der Waals surface area contributed by atoms with Gasteiger partial charge in [0.05, 0.1) is 30.3 Å². The number of piperidine rings is 1. The molecule has 6 nitrogen and oxygen atoms in total. The van der Waals surface area contributed by atoms with Crippen LogP contribution in [-0.4, -0.2) is 46.3 Å². The van der Waals surface area contributed by atoms with Crippen LogP contribution in [0, 0.1) is 18.7 Å². The minimum absolute atomic E-state index is 0.165. The summed E-state index contributed by atoms with van der Waals surface area (Å²) in [5.74, 6) is -0.860. The molecule has 1 aliphatic heterocycles. The lowest BCUT2D eigenvalue weighted by atomic mass is 9.96. The maximum atomic E-state index is 13.1. The fourth-order valence-corrected chi connectivity index (χ4v) is 3.72. The van der Waals surface area contributed by atoms with E-state index in [0.29, 0.717) is 50.3 Å². The molecule has 0 spiro atoms. The highest BCUT2D eigenvalue weighted by Gasteiger charge is 2.31. The van der Waals surface area contributed by atoms with Gasteiger partial charge in [0.2, 0.25) is 0 Å². The molecule has 0 unspecified atom stereocenters. The molecule has 1 saturated heterocycles. The number of carbonyl (C=O) groups excluding carboxylic acids is 2. The van der Waals surface area contributed by atoms with E-state index in [2.05, 4.69) is 5.10 Å². The normalized spacial score (nSPS) is 14.9. The highest BCUT2D eigenvalue weighted by atomic mass is 35.5. The molecule has 1 aromatic carbocycles. The van der Waals surface area contributed by atoms with Crippen molar-refractivity contribution >= 4 is 23.5 Å². The smallest absolute Gasteiger partial charge is 0.309 e. The molecule has 0 bridgehead atoms. The maximum Gasteiger partial charge on any atom is 0.309 e. The number of hydrogen-bond donors (Lipinski definition) is 0. The summed E-state index contributed by atoms with van der Waals surface area (Å²) in [6.07, 6.45) is 1.15. The topological polar surface area (TPSA) is 64.4 Å². The summed E-state index contributed by atoms with van der Waals surface area (Å²) >= 11 is 6.45. The first-order chi connectivity index (χ1) is 13.4. The zero-order chi connectivity index (χ0) is 20.3. The van der Waals surface area contributed by atoms with Gasteiger partial charge in [-0.1, -0.05) is 23.7 Å². The molecule has 1 aromatic heterocycles. The first-order valence-corrected chi connectivity index (χ1v) is 9.71. The van der Waals surface area contributed by atoms with Crippen molar-refractivity contribution in [2.45, 2.75) is 33.2 Å². The summed E-state index contributed by atoms with van der Waals surface area (Å²) in [6, 6.07) is 6.06. The van der Waals surface area contributed by atoms with E-state index in [9.17, 15) is 14.0 Å². The molecule has 0 N–H and O–H groups in total. The van der Waals surface area contributed by atoms with Crippen molar-refractivity contribution in [2.24, 2.45) is 5.92 Å². The lowest BCUT2D eigenvalue weighted by Crippen LogP contribution is -2.40. The van der Waals surface area contributed by atoms with Crippen LogP contribution in [-0.2, 0) is 16.1 Å². The standard InChI is InChI=1S/C20H23ClFN3O3/c1-3-28-20(27)15-8-10-24(11-9-15)19(26)17-13(2)23-25(18(17)21)12-14-4-6-16(22)7-5-14/h4-7,15H,3,8-12H2,1-2H3. The summed E-state index contributed by atoms with van der Waals surface area (Å²) in [6.45, 7) is 5.18. The molecule has 0 saturated carbocycles. The third-order valence-electron chi connectivity index (χ3n) is 4.93. The minimum Gasteiger partial charge on any atom is -0.466 e. The molecule has 2 aromatic rings. The Morgan fingerprint density at radius 3 is 2.50 bits per heavy atom. The van der Waals surface area contributed by atoms with Crippen molar-refractivity contribution in [3.63, 3.8) is 0 Å². The summed E-state index contributed by atoms with van der Waals surface area (Å²) in [5, 5.41) is 4.64. The van der Waals surface area contributed by atoms with Crippen LogP contribution in [0.3, 0.4) is 0 Å². The number of amides is 1. The van der Waals surface area contributed by atoms with Crippen LogP contribution in [0.5, 0.6) is 0 Å². The second kappa shape index (κ2) is 8.73. The van der Waals surface area contributed by atoms with Gasteiger partial charge in [0.25, 0.3) is 5.91 Å². The van der Waals surface area contributed by atoms with Gasteiger partial charge in [0, 0.05) is 13.1 Å². The largest absolute Gasteiger partial charge is 0.466 e. The first-order valence-electron chi connectivity index (χ1n) is 9.34. The SMILES string of the molecule is CCOC(=O)C1CCN(C(=O)c2c(C)nn(Cc3ccc(F)cc3)c2Cl)CC1. The highest BCUT2D eigenvalue weighted by molar-refractivity contribution is 6.33. The number of aryl methyl sites for hydroxylation is 1. The Morgan fingerprint density at radius 2 is 1.89 bits per heavy atom. The number of nitrogens with zero attached hydrogens (tertiary/aromatic N) is 3.